The third-order valence-electron chi connectivity index (χ3n) is 4.02. The molecule has 1 atom stereocenters. The summed E-state index contributed by atoms with van der Waals surface area (Å²) < 4.78 is 10.4. The van der Waals surface area contributed by atoms with Crippen molar-refractivity contribution in [1.29, 1.82) is 0 Å². The number of aromatic hydroxyl groups is 1. The van der Waals surface area contributed by atoms with Crippen molar-refractivity contribution in [2.45, 2.75) is 45.3 Å². The first-order valence-corrected chi connectivity index (χ1v) is 8.49. The number of aliphatic hydroxyl groups is 1. The molecule has 0 radical (unpaired) electrons. The molecular weight excluding hydrogens is 340 g/mol. The number of aliphatic hydroxyl groups excluding tert-OH is 1. The second-order valence-corrected chi connectivity index (χ2v) is 7.13. The molecule has 1 saturated heterocycles. The van der Waals surface area contributed by atoms with Gasteiger partial charge in [0.05, 0.1) is 25.4 Å². The van der Waals surface area contributed by atoms with Crippen molar-refractivity contribution in [1.82, 2.24) is 4.90 Å². The van der Waals surface area contributed by atoms with Crippen LogP contribution in [0.2, 0.25) is 0 Å². The lowest BCUT2D eigenvalue weighted by Gasteiger charge is -2.31. The van der Waals surface area contributed by atoms with Crippen LogP contribution in [0.15, 0.2) is 18.2 Å². The molecule has 1 unspecified atom stereocenters. The second-order valence-electron chi connectivity index (χ2n) is 7.13. The molecule has 1 heterocycles. The lowest BCUT2D eigenvalue weighted by Crippen LogP contribution is -2.50. The van der Waals surface area contributed by atoms with Gasteiger partial charge in [0, 0.05) is 12.6 Å². The molecule has 8 heteroatoms. The van der Waals surface area contributed by atoms with Gasteiger partial charge in [-0.05, 0) is 45.7 Å². The van der Waals surface area contributed by atoms with Crippen molar-refractivity contribution in [2.75, 3.05) is 25.2 Å². The van der Waals surface area contributed by atoms with Crippen LogP contribution in [-0.2, 0) is 4.74 Å². The number of carbonyl (C=O) groups is 2. The Hall–Kier alpha value is -2.48. The number of anilines is 1. The van der Waals surface area contributed by atoms with Crippen LogP contribution in [0.3, 0.4) is 0 Å². The third-order valence-corrected chi connectivity index (χ3v) is 4.02. The molecule has 1 aromatic carbocycles. The van der Waals surface area contributed by atoms with E-state index >= 15 is 0 Å². The minimum atomic E-state index is -0.851. The molecule has 2 rings (SSSR count). The number of urea groups is 1. The minimum absolute atomic E-state index is 0.158. The molecule has 1 fully saturated rings. The number of nitrogens with zero attached hydrogens (tertiary/aromatic N) is 2. The van der Waals surface area contributed by atoms with Crippen molar-refractivity contribution < 1.29 is 29.3 Å². The van der Waals surface area contributed by atoms with Gasteiger partial charge < -0.3 is 24.6 Å². The van der Waals surface area contributed by atoms with Gasteiger partial charge >= 0.3 is 12.1 Å². The summed E-state index contributed by atoms with van der Waals surface area (Å²) in [5, 5.41) is 19.5. The molecule has 26 heavy (non-hydrogen) atoms. The topological polar surface area (TPSA) is 99.5 Å². The van der Waals surface area contributed by atoms with Crippen LogP contribution in [0.1, 0.15) is 33.6 Å². The molecule has 0 spiro atoms. The van der Waals surface area contributed by atoms with Gasteiger partial charge in [-0.2, -0.15) is 4.90 Å². The van der Waals surface area contributed by atoms with Gasteiger partial charge in [0.15, 0.2) is 11.5 Å². The number of amides is 3. The summed E-state index contributed by atoms with van der Waals surface area (Å²) in [4.78, 5) is 28.1. The van der Waals surface area contributed by atoms with E-state index in [-0.39, 0.29) is 29.8 Å². The Balaban J connectivity index is 2.40. The molecule has 2 N–H and O–H groups in total. The number of rotatable bonds is 3. The molecule has 1 aromatic rings. The summed E-state index contributed by atoms with van der Waals surface area (Å²) in [6.07, 6.45) is 0.557. The standard InChI is InChI=1S/C18H26N2O6/c1-18(2,3)26-17(24)20(12-7-8-15(25-4)14(22)10-12)16(23)19-9-5-6-13(19)11-21/h7-8,10,13,21-22H,5-6,9,11H2,1-4H3. The SMILES string of the molecule is COc1ccc(N(C(=O)OC(C)(C)C)C(=O)N2CCCC2CO)cc1O. The highest BCUT2D eigenvalue weighted by atomic mass is 16.6. The predicted molar refractivity (Wildman–Crippen MR) is 95.6 cm³/mol. The van der Waals surface area contributed by atoms with Crippen LogP contribution in [0.4, 0.5) is 15.3 Å². The van der Waals surface area contributed by atoms with Crippen LogP contribution in [-0.4, -0.2) is 59.1 Å². The highest BCUT2D eigenvalue weighted by molar-refractivity contribution is 6.11. The zero-order valence-corrected chi connectivity index (χ0v) is 15.6. The number of hydrogen-bond acceptors (Lipinski definition) is 6. The van der Waals surface area contributed by atoms with Crippen LogP contribution >= 0.6 is 0 Å². The first-order chi connectivity index (χ1) is 12.2. The van der Waals surface area contributed by atoms with Gasteiger partial charge in [-0.15, -0.1) is 0 Å². The van der Waals surface area contributed by atoms with Gasteiger partial charge in [0.1, 0.15) is 5.60 Å². The molecule has 3 amide bonds. The van der Waals surface area contributed by atoms with Crippen molar-refractivity contribution in [2.24, 2.45) is 0 Å². The molecule has 8 nitrogen and oxygen atoms in total. The second kappa shape index (κ2) is 7.82. The lowest BCUT2D eigenvalue weighted by atomic mass is 10.2. The quantitative estimate of drug-likeness (QED) is 0.853. The average Bonchev–Trinajstić information content (AvgIpc) is 3.02. The van der Waals surface area contributed by atoms with Crippen molar-refractivity contribution in [3.05, 3.63) is 18.2 Å². The van der Waals surface area contributed by atoms with Gasteiger partial charge in [-0.25, -0.2) is 9.59 Å². The van der Waals surface area contributed by atoms with Crippen LogP contribution in [0, 0.1) is 0 Å². The van der Waals surface area contributed by atoms with E-state index < -0.39 is 17.7 Å². The number of hydrogen-bond donors (Lipinski definition) is 2. The number of phenols is 1. The summed E-state index contributed by atoms with van der Waals surface area (Å²) in [6, 6.07) is 3.28. The largest absolute Gasteiger partial charge is 0.504 e. The predicted octanol–water partition coefficient (Wildman–Crippen LogP) is 2.72. The highest BCUT2D eigenvalue weighted by Crippen LogP contribution is 2.32. The Kier molecular flexibility index (Phi) is 5.97. The maximum atomic E-state index is 13.0. The minimum Gasteiger partial charge on any atom is -0.504 e. The zero-order chi connectivity index (χ0) is 19.5. The van der Waals surface area contributed by atoms with Gasteiger partial charge in [-0.3, -0.25) is 0 Å². The van der Waals surface area contributed by atoms with Gasteiger partial charge in [0.2, 0.25) is 0 Å². The summed E-state index contributed by atoms with van der Waals surface area (Å²) >= 11 is 0. The molecule has 1 aliphatic heterocycles. The third kappa shape index (κ3) is 4.37. The number of phenolic OH excluding ortho intramolecular Hbond substituents is 1. The lowest BCUT2D eigenvalue weighted by molar-refractivity contribution is 0.0580. The van der Waals surface area contributed by atoms with E-state index in [1.807, 2.05) is 0 Å². The maximum absolute atomic E-state index is 13.0. The number of methoxy groups -OCH3 is 1. The monoisotopic (exact) mass is 366 g/mol. The highest BCUT2D eigenvalue weighted by Gasteiger charge is 2.37. The summed E-state index contributed by atoms with van der Waals surface area (Å²) in [5.41, 5.74) is -0.642. The van der Waals surface area contributed by atoms with E-state index in [0.29, 0.717) is 13.0 Å². The molecule has 144 valence electrons. The molecular formula is C18H26N2O6. The van der Waals surface area contributed by atoms with Crippen molar-refractivity contribution in [3.63, 3.8) is 0 Å². The fourth-order valence-electron chi connectivity index (χ4n) is 2.82. The summed E-state index contributed by atoms with van der Waals surface area (Å²) in [6.45, 7) is 5.36. The Labute approximate surface area is 152 Å². The van der Waals surface area contributed by atoms with Gasteiger partial charge in [-0.1, -0.05) is 0 Å². The Morgan fingerprint density at radius 3 is 2.58 bits per heavy atom. The van der Waals surface area contributed by atoms with E-state index in [9.17, 15) is 19.8 Å². The smallest absolute Gasteiger partial charge is 0.423 e. The van der Waals surface area contributed by atoms with E-state index in [4.69, 9.17) is 9.47 Å². The fraction of sp³-hybridized carbons (Fsp3) is 0.556. The number of likely N-dealkylation sites (tertiary alicyclic amines) is 1. The number of ether oxygens (including phenoxy) is 2. The van der Waals surface area contributed by atoms with Crippen LogP contribution < -0.4 is 9.64 Å². The molecule has 0 aliphatic carbocycles. The van der Waals surface area contributed by atoms with E-state index in [1.54, 1.807) is 20.8 Å². The molecule has 0 aromatic heterocycles. The van der Waals surface area contributed by atoms with Crippen molar-refractivity contribution >= 4 is 17.8 Å². The summed E-state index contributed by atoms with van der Waals surface area (Å²) in [5.74, 6) is 0.0197. The fourth-order valence-corrected chi connectivity index (χ4v) is 2.82. The Morgan fingerprint density at radius 2 is 2.04 bits per heavy atom. The first kappa shape index (κ1) is 19.8. The van der Waals surface area contributed by atoms with Crippen LogP contribution in [0.5, 0.6) is 11.5 Å². The number of imide groups is 1. The van der Waals surface area contributed by atoms with Gasteiger partial charge in [0.25, 0.3) is 0 Å². The Bertz CT molecular complexity index is 670. The van der Waals surface area contributed by atoms with E-state index in [0.717, 1.165) is 11.3 Å². The van der Waals surface area contributed by atoms with E-state index in [1.165, 1.54) is 30.2 Å². The van der Waals surface area contributed by atoms with Crippen molar-refractivity contribution in [3.8, 4) is 11.5 Å². The number of carbonyl (C=O) groups excluding carboxylic acids is 2. The van der Waals surface area contributed by atoms with Crippen LogP contribution in [0.25, 0.3) is 0 Å². The molecule has 0 saturated carbocycles. The molecule has 0 bridgehead atoms. The average molecular weight is 366 g/mol. The van der Waals surface area contributed by atoms with E-state index in [2.05, 4.69) is 0 Å². The zero-order valence-electron chi connectivity index (χ0n) is 15.6. The normalized spacial score (nSPS) is 17.1. The maximum Gasteiger partial charge on any atom is 0.423 e. The summed E-state index contributed by atoms with van der Waals surface area (Å²) in [7, 11) is 1.40. The number of benzene rings is 1. The molecule has 1 aliphatic rings. The Morgan fingerprint density at radius 1 is 1.35 bits per heavy atom. The first-order valence-electron chi connectivity index (χ1n) is 8.49.